The summed E-state index contributed by atoms with van der Waals surface area (Å²) in [6.07, 6.45) is 0. The lowest BCUT2D eigenvalue weighted by Crippen LogP contribution is -2.47. The van der Waals surface area contributed by atoms with E-state index in [0.717, 1.165) is 5.71 Å². The molecule has 1 fully saturated rings. The predicted molar refractivity (Wildman–Crippen MR) is 93.7 cm³/mol. The molecule has 0 bridgehead atoms. The molecule has 1 heterocycles. The van der Waals surface area contributed by atoms with Crippen LogP contribution in [0.25, 0.3) is 0 Å². The van der Waals surface area contributed by atoms with E-state index >= 15 is 0 Å². The molecule has 4 atom stereocenters. The van der Waals surface area contributed by atoms with Crippen molar-refractivity contribution in [3.05, 3.63) is 71.8 Å². The van der Waals surface area contributed by atoms with Gasteiger partial charge in [0.15, 0.2) is 0 Å². The second kappa shape index (κ2) is 6.55. The zero-order chi connectivity index (χ0) is 16.4. The lowest BCUT2D eigenvalue weighted by atomic mass is 9.74. The summed E-state index contributed by atoms with van der Waals surface area (Å²) in [7, 11) is 2.18. The number of oxime groups is 1. The van der Waals surface area contributed by atoms with E-state index in [9.17, 15) is 5.21 Å². The smallest absolute Gasteiger partial charge is 0.0665 e. The molecule has 0 spiro atoms. The number of nitrogens with zero attached hydrogens (tertiary/aromatic N) is 2. The molecule has 1 aliphatic rings. The van der Waals surface area contributed by atoms with E-state index in [2.05, 4.69) is 79.5 Å². The Morgan fingerprint density at radius 2 is 1.17 bits per heavy atom. The Labute approximate surface area is 138 Å². The Hall–Kier alpha value is -2.13. The number of piperidine rings is 1. The Morgan fingerprint density at radius 1 is 0.783 bits per heavy atom. The van der Waals surface area contributed by atoms with E-state index in [1.54, 1.807) is 0 Å². The third-order valence-corrected chi connectivity index (χ3v) is 5.16. The molecule has 23 heavy (non-hydrogen) atoms. The van der Waals surface area contributed by atoms with Gasteiger partial charge in [-0.3, -0.25) is 4.90 Å². The normalized spacial score (nSPS) is 28.6. The average molecular weight is 308 g/mol. The van der Waals surface area contributed by atoms with Crippen molar-refractivity contribution in [3.8, 4) is 0 Å². The maximum atomic E-state index is 9.62. The highest BCUT2D eigenvalue weighted by molar-refractivity contribution is 5.90. The van der Waals surface area contributed by atoms with Crippen molar-refractivity contribution in [1.82, 2.24) is 4.90 Å². The van der Waals surface area contributed by atoms with Crippen molar-refractivity contribution in [1.29, 1.82) is 0 Å². The summed E-state index contributed by atoms with van der Waals surface area (Å²) in [6.45, 7) is 4.31. The average Bonchev–Trinajstić information content (AvgIpc) is 2.57. The quantitative estimate of drug-likeness (QED) is 0.654. The molecule has 120 valence electrons. The summed E-state index contributed by atoms with van der Waals surface area (Å²) in [5, 5.41) is 13.3. The highest BCUT2D eigenvalue weighted by Gasteiger charge is 2.43. The molecule has 0 aromatic heterocycles. The molecule has 1 saturated heterocycles. The second-order valence-electron chi connectivity index (χ2n) is 6.48. The van der Waals surface area contributed by atoms with E-state index < -0.39 is 0 Å². The molecule has 2 aromatic rings. The van der Waals surface area contributed by atoms with Crippen LogP contribution in [0.3, 0.4) is 0 Å². The number of rotatable bonds is 2. The van der Waals surface area contributed by atoms with Gasteiger partial charge in [0, 0.05) is 23.9 Å². The minimum absolute atomic E-state index is 0.169. The topological polar surface area (TPSA) is 35.8 Å². The van der Waals surface area contributed by atoms with Crippen LogP contribution in [0, 0.1) is 11.8 Å². The molecule has 2 aromatic carbocycles. The van der Waals surface area contributed by atoms with E-state index in [0.29, 0.717) is 0 Å². The fourth-order valence-corrected chi connectivity index (χ4v) is 4.15. The van der Waals surface area contributed by atoms with Gasteiger partial charge in [0.1, 0.15) is 0 Å². The van der Waals surface area contributed by atoms with Gasteiger partial charge in [0.2, 0.25) is 0 Å². The molecule has 0 radical (unpaired) electrons. The Balaban J connectivity index is 2.07. The van der Waals surface area contributed by atoms with Gasteiger partial charge in [0.05, 0.1) is 5.71 Å². The van der Waals surface area contributed by atoms with Crippen molar-refractivity contribution >= 4 is 5.71 Å². The number of hydrogen-bond acceptors (Lipinski definition) is 3. The van der Waals surface area contributed by atoms with Gasteiger partial charge in [-0.2, -0.15) is 0 Å². The standard InChI is InChI=1S/C20H24N2O/c1-14-18(21-23)15(2)20(17-12-8-5-9-13-17)22(3)19(14)16-10-6-4-7-11-16/h4-15,19-20,23H,1-3H3. The van der Waals surface area contributed by atoms with Crippen LogP contribution in [-0.4, -0.2) is 22.9 Å². The molecule has 0 amide bonds. The third kappa shape index (κ3) is 2.77. The summed E-state index contributed by atoms with van der Waals surface area (Å²) >= 11 is 0. The van der Waals surface area contributed by atoms with Gasteiger partial charge >= 0.3 is 0 Å². The van der Waals surface area contributed by atoms with Gasteiger partial charge in [-0.15, -0.1) is 0 Å². The minimum Gasteiger partial charge on any atom is -0.411 e. The molecule has 3 heteroatoms. The largest absolute Gasteiger partial charge is 0.411 e. The van der Waals surface area contributed by atoms with Crippen LogP contribution in [0.1, 0.15) is 37.1 Å². The van der Waals surface area contributed by atoms with E-state index in [1.165, 1.54) is 11.1 Å². The molecule has 4 unspecified atom stereocenters. The summed E-state index contributed by atoms with van der Waals surface area (Å²) in [4.78, 5) is 2.43. The Kier molecular flexibility index (Phi) is 4.49. The molecule has 0 saturated carbocycles. The van der Waals surface area contributed by atoms with Crippen LogP contribution < -0.4 is 0 Å². The zero-order valence-electron chi connectivity index (χ0n) is 13.9. The molecule has 3 nitrogen and oxygen atoms in total. The monoisotopic (exact) mass is 308 g/mol. The van der Waals surface area contributed by atoms with Crippen molar-refractivity contribution < 1.29 is 5.21 Å². The van der Waals surface area contributed by atoms with E-state index in [4.69, 9.17) is 0 Å². The highest BCUT2D eigenvalue weighted by atomic mass is 16.4. The predicted octanol–water partition coefficient (Wildman–Crippen LogP) is 4.52. The summed E-state index contributed by atoms with van der Waals surface area (Å²) in [5.74, 6) is 0.338. The first-order valence-corrected chi connectivity index (χ1v) is 8.18. The first-order chi connectivity index (χ1) is 11.1. The number of likely N-dealkylation sites (tertiary alicyclic amines) is 1. The molecule has 1 N–H and O–H groups in total. The molecule has 0 aliphatic carbocycles. The first-order valence-electron chi connectivity index (χ1n) is 8.18. The van der Waals surface area contributed by atoms with E-state index in [1.807, 2.05) is 12.1 Å². The van der Waals surface area contributed by atoms with Crippen LogP contribution in [0.2, 0.25) is 0 Å². The van der Waals surface area contributed by atoms with Crippen LogP contribution in [0.15, 0.2) is 65.8 Å². The van der Waals surface area contributed by atoms with Gasteiger partial charge in [-0.25, -0.2) is 0 Å². The Morgan fingerprint density at radius 3 is 1.52 bits per heavy atom. The van der Waals surface area contributed by atoms with Crippen molar-refractivity contribution in [2.24, 2.45) is 17.0 Å². The Bertz CT molecular complexity index is 613. The zero-order valence-corrected chi connectivity index (χ0v) is 13.9. The second-order valence-corrected chi connectivity index (χ2v) is 6.48. The highest BCUT2D eigenvalue weighted by Crippen LogP contribution is 2.45. The van der Waals surface area contributed by atoms with Gasteiger partial charge in [-0.05, 0) is 18.2 Å². The summed E-state index contributed by atoms with van der Waals surface area (Å²) in [6, 6.07) is 21.4. The van der Waals surface area contributed by atoms with E-state index in [-0.39, 0.29) is 23.9 Å². The number of hydrogen-bond donors (Lipinski definition) is 1. The number of benzene rings is 2. The fraction of sp³-hybridized carbons (Fsp3) is 0.350. The lowest BCUT2D eigenvalue weighted by molar-refractivity contribution is 0.0985. The summed E-state index contributed by atoms with van der Waals surface area (Å²) in [5.41, 5.74) is 3.40. The molecular formula is C20H24N2O. The molecule has 1 aliphatic heterocycles. The van der Waals surface area contributed by atoms with Crippen LogP contribution in [-0.2, 0) is 0 Å². The first kappa shape index (κ1) is 15.8. The van der Waals surface area contributed by atoms with Gasteiger partial charge in [-0.1, -0.05) is 79.7 Å². The lowest BCUT2D eigenvalue weighted by Gasteiger charge is -2.47. The maximum absolute atomic E-state index is 9.62. The minimum atomic E-state index is 0.169. The van der Waals surface area contributed by atoms with Gasteiger partial charge in [0.25, 0.3) is 0 Å². The fourth-order valence-electron chi connectivity index (χ4n) is 4.15. The van der Waals surface area contributed by atoms with Gasteiger partial charge < -0.3 is 5.21 Å². The van der Waals surface area contributed by atoms with Crippen LogP contribution in [0.4, 0.5) is 0 Å². The summed E-state index contributed by atoms with van der Waals surface area (Å²) < 4.78 is 0. The van der Waals surface area contributed by atoms with Crippen molar-refractivity contribution in [2.45, 2.75) is 25.9 Å². The van der Waals surface area contributed by atoms with Crippen LogP contribution in [0.5, 0.6) is 0 Å². The third-order valence-electron chi connectivity index (χ3n) is 5.16. The van der Waals surface area contributed by atoms with Crippen molar-refractivity contribution in [3.63, 3.8) is 0 Å². The van der Waals surface area contributed by atoms with Crippen LogP contribution >= 0.6 is 0 Å². The maximum Gasteiger partial charge on any atom is 0.0665 e. The molecular weight excluding hydrogens is 284 g/mol. The molecule has 3 rings (SSSR count). The van der Waals surface area contributed by atoms with Crippen molar-refractivity contribution in [2.75, 3.05) is 7.05 Å². The SMILES string of the molecule is CC1C(=NO)C(C)C(c2ccccc2)N(C)C1c1ccccc1.